The molecule has 22 heavy (non-hydrogen) atoms. The van der Waals surface area contributed by atoms with Gasteiger partial charge in [-0.1, -0.05) is 0 Å². The molecule has 1 aromatic rings. The zero-order valence-corrected chi connectivity index (χ0v) is 13.2. The van der Waals surface area contributed by atoms with Crippen molar-refractivity contribution in [3.05, 3.63) is 24.2 Å². The average Bonchev–Trinajstić information content (AvgIpc) is 3.19. The van der Waals surface area contributed by atoms with Crippen LogP contribution >= 0.6 is 0 Å². The summed E-state index contributed by atoms with van der Waals surface area (Å²) in [5.74, 6) is 2.49. The lowest BCUT2D eigenvalue weighted by Crippen LogP contribution is -2.47. The van der Waals surface area contributed by atoms with E-state index in [0.29, 0.717) is 12.0 Å². The van der Waals surface area contributed by atoms with Crippen molar-refractivity contribution >= 4 is 0 Å². The Morgan fingerprint density at radius 3 is 2.86 bits per heavy atom. The minimum absolute atomic E-state index is 0.391. The van der Waals surface area contributed by atoms with Crippen molar-refractivity contribution in [1.82, 2.24) is 9.80 Å². The van der Waals surface area contributed by atoms with Crippen LogP contribution in [-0.2, 0) is 16.0 Å². The second kappa shape index (κ2) is 6.71. The van der Waals surface area contributed by atoms with Crippen molar-refractivity contribution in [3.8, 4) is 0 Å². The van der Waals surface area contributed by atoms with E-state index in [1.54, 1.807) is 6.26 Å². The molecule has 3 fully saturated rings. The highest BCUT2D eigenvalue weighted by Crippen LogP contribution is 2.35. The van der Waals surface area contributed by atoms with Gasteiger partial charge in [-0.05, 0) is 31.0 Å². The van der Waals surface area contributed by atoms with Crippen LogP contribution in [0.25, 0.3) is 0 Å². The largest absolute Gasteiger partial charge is 0.468 e. The number of nitrogens with zero attached hydrogens (tertiary/aromatic N) is 2. The fourth-order valence-corrected chi connectivity index (χ4v) is 4.09. The van der Waals surface area contributed by atoms with Crippen LogP contribution < -0.4 is 0 Å². The van der Waals surface area contributed by atoms with Crippen LogP contribution in [0.2, 0.25) is 0 Å². The first kappa shape index (κ1) is 14.7. The predicted octanol–water partition coefficient (Wildman–Crippen LogP) is 1.45. The van der Waals surface area contributed by atoms with Gasteiger partial charge in [0.25, 0.3) is 0 Å². The molecule has 0 unspecified atom stereocenters. The Balaban J connectivity index is 1.34. The van der Waals surface area contributed by atoms with Gasteiger partial charge in [0.1, 0.15) is 5.76 Å². The smallest absolute Gasteiger partial charge is 0.117 e. The summed E-state index contributed by atoms with van der Waals surface area (Å²) >= 11 is 0. The van der Waals surface area contributed by atoms with Crippen LogP contribution in [0.3, 0.4) is 0 Å². The molecular formula is C17H26N2O3. The number of fused-ring (bicyclic) bond motifs is 1. The lowest BCUT2D eigenvalue weighted by Gasteiger charge is -2.37. The van der Waals surface area contributed by atoms with Crippen molar-refractivity contribution in [2.75, 3.05) is 52.5 Å². The second-order valence-electron chi connectivity index (χ2n) is 6.81. The molecule has 4 heterocycles. The quantitative estimate of drug-likeness (QED) is 0.842. The van der Waals surface area contributed by atoms with Crippen molar-refractivity contribution in [2.45, 2.75) is 19.1 Å². The van der Waals surface area contributed by atoms with Crippen LogP contribution in [0.5, 0.6) is 0 Å². The van der Waals surface area contributed by atoms with Crippen LogP contribution in [0.4, 0.5) is 0 Å². The van der Waals surface area contributed by atoms with E-state index in [4.69, 9.17) is 13.9 Å². The SMILES string of the molecule is c1coc(CN2CC[C@@H]3CO[C@@H](CN4CCOCC4)[C@@H]3C2)c1. The summed E-state index contributed by atoms with van der Waals surface area (Å²) in [6, 6.07) is 4.05. The lowest BCUT2D eigenvalue weighted by molar-refractivity contribution is -0.00518. The van der Waals surface area contributed by atoms with Crippen LogP contribution in [-0.4, -0.2) is 68.4 Å². The number of hydrogen-bond acceptors (Lipinski definition) is 5. The van der Waals surface area contributed by atoms with Gasteiger partial charge in [0, 0.05) is 32.1 Å². The van der Waals surface area contributed by atoms with Gasteiger partial charge in [0.15, 0.2) is 0 Å². The summed E-state index contributed by atoms with van der Waals surface area (Å²) in [4.78, 5) is 5.03. The number of rotatable bonds is 4. The van der Waals surface area contributed by atoms with Crippen LogP contribution in [0, 0.1) is 11.8 Å². The summed E-state index contributed by atoms with van der Waals surface area (Å²) in [7, 11) is 0. The minimum atomic E-state index is 0.391. The van der Waals surface area contributed by atoms with Crippen LogP contribution in [0.1, 0.15) is 12.2 Å². The molecule has 0 bridgehead atoms. The topological polar surface area (TPSA) is 38.1 Å². The monoisotopic (exact) mass is 306 g/mol. The zero-order valence-electron chi connectivity index (χ0n) is 13.2. The van der Waals surface area contributed by atoms with E-state index >= 15 is 0 Å². The molecule has 3 aliphatic rings. The Kier molecular flexibility index (Phi) is 4.48. The molecule has 1 aromatic heterocycles. The average molecular weight is 306 g/mol. The predicted molar refractivity (Wildman–Crippen MR) is 82.6 cm³/mol. The number of likely N-dealkylation sites (tertiary alicyclic amines) is 1. The third-order valence-electron chi connectivity index (χ3n) is 5.39. The molecule has 5 heteroatoms. The molecule has 0 amide bonds. The molecule has 4 rings (SSSR count). The number of hydrogen-bond donors (Lipinski definition) is 0. The summed E-state index contributed by atoms with van der Waals surface area (Å²) in [6.07, 6.45) is 3.41. The normalized spacial score (nSPS) is 33.9. The van der Waals surface area contributed by atoms with E-state index < -0.39 is 0 Å². The van der Waals surface area contributed by atoms with Crippen molar-refractivity contribution in [3.63, 3.8) is 0 Å². The van der Waals surface area contributed by atoms with Gasteiger partial charge in [-0.2, -0.15) is 0 Å². The molecule has 0 aromatic carbocycles. The molecule has 0 spiro atoms. The van der Waals surface area contributed by atoms with Gasteiger partial charge in [0.2, 0.25) is 0 Å². The van der Waals surface area contributed by atoms with Gasteiger partial charge in [0.05, 0.1) is 38.7 Å². The minimum Gasteiger partial charge on any atom is -0.468 e. The van der Waals surface area contributed by atoms with E-state index in [0.717, 1.165) is 70.8 Å². The van der Waals surface area contributed by atoms with E-state index in [1.165, 1.54) is 6.42 Å². The van der Waals surface area contributed by atoms with E-state index in [2.05, 4.69) is 15.9 Å². The maximum absolute atomic E-state index is 6.15. The Hall–Kier alpha value is -0.880. The molecule has 0 aliphatic carbocycles. The maximum Gasteiger partial charge on any atom is 0.117 e. The fraction of sp³-hybridized carbons (Fsp3) is 0.765. The highest BCUT2D eigenvalue weighted by atomic mass is 16.5. The molecule has 0 N–H and O–H groups in total. The highest BCUT2D eigenvalue weighted by Gasteiger charge is 2.41. The van der Waals surface area contributed by atoms with E-state index in [1.807, 2.05) is 6.07 Å². The molecule has 0 saturated carbocycles. The first-order chi connectivity index (χ1) is 10.9. The summed E-state index contributed by atoms with van der Waals surface area (Å²) in [5, 5.41) is 0. The maximum atomic E-state index is 6.15. The molecule has 3 saturated heterocycles. The van der Waals surface area contributed by atoms with Gasteiger partial charge in [-0.25, -0.2) is 0 Å². The standard InChI is InChI=1S/C17H26N2O3/c1-2-15(21-7-1)10-19-4-3-14-13-22-17(16(14)11-19)12-18-5-8-20-9-6-18/h1-2,7,14,16-17H,3-6,8-13H2/t14-,16-,17+/m1/s1. The second-order valence-corrected chi connectivity index (χ2v) is 6.81. The summed E-state index contributed by atoms with van der Waals surface area (Å²) < 4.78 is 17.1. The Labute approximate surface area is 132 Å². The zero-order chi connectivity index (χ0) is 14.8. The fourth-order valence-electron chi connectivity index (χ4n) is 4.09. The van der Waals surface area contributed by atoms with E-state index in [9.17, 15) is 0 Å². The summed E-state index contributed by atoms with van der Waals surface area (Å²) in [6.45, 7) is 9.08. The van der Waals surface area contributed by atoms with Crippen molar-refractivity contribution < 1.29 is 13.9 Å². The molecule has 3 atom stereocenters. The van der Waals surface area contributed by atoms with E-state index in [-0.39, 0.29) is 0 Å². The van der Waals surface area contributed by atoms with Gasteiger partial charge in [-0.15, -0.1) is 0 Å². The Bertz CT molecular complexity index is 458. The Morgan fingerprint density at radius 2 is 2.05 bits per heavy atom. The third-order valence-corrected chi connectivity index (χ3v) is 5.39. The van der Waals surface area contributed by atoms with Gasteiger partial charge >= 0.3 is 0 Å². The Morgan fingerprint density at radius 1 is 1.14 bits per heavy atom. The van der Waals surface area contributed by atoms with Crippen molar-refractivity contribution in [1.29, 1.82) is 0 Å². The number of ether oxygens (including phenoxy) is 2. The molecule has 3 aliphatic heterocycles. The molecule has 122 valence electrons. The first-order valence-electron chi connectivity index (χ1n) is 8.55. The molecule has 5 nitrogen and oxygen atoms in total. The molecular weight excluding hydrogens is 280 g/mol. The number of furan rings is 1. The molecule has 0 radical (unpaired) electrons. The van der Waals surface area contributed by atoms with Crippen LogP contribution in [0.15, 0.2) is 22.8 Å². The number of piperidine rings is 1. The summed E-state index contributed by atoms with van der Waals surface area (Å²) in [5.41, 5.74) is 0. The number of morpholine rings is 1. The van der Waals surface area contributed by atoms with Gasteiger partial charge in [-0.3, -0.25) is 9.80 Å². The third kappa shape index (κ3) is 3.23. The highest BCUT2D eigenvalue weighted by molar-refractivity contribution is 4.99. The first-order valence-corrected chi connectivity index (χ1v) is 8.55. The van der Waals surface area contributed by atoms with Crippen molar-refractivity contribution in [2.24, 2.45) is 11.8 Å². The van der Waals surface area contributed by atoms with Gasteiger partial charge < -0.3 is 13.9 Å². The lowest BCUT2D eigenvalue weighted by atomic mass is 9.84.